The highest BCUT2D eigenvalue weighted by Gasteiger charge is 2.10. The van der Waals surface area contributed by atoms with Crippen molar-refractivity contribution in [1.82, 2.24) is 0 Å². The van der Waals surface area contributed by atoms with Gasteiger partial charge in [0.25, 0.3) is 0 Å². The van der Waals surface area contributed by atoms with E-state index in [1.165, 1.54) is 17.7 Å². The van der Waals surface area contributed by atoms with Crippen LogP contribution in [0.3, 0.4) is 0 Å². The Bertz CT molecular complexity index is 279. The molecule has 0 aliphatic rings. The molecule has 0 fully saturated rings. The monoisotopic (exact) mass is 206 g/mol. The van der Waals surface area contributed by atoms with Gasteiger partial charge in [-0.3, -0.25) is 0 Å². The van der Waals surface area contributed by atoms with E-state index in [9.17, 15) is 0 Å². The van der Waals surface area contributed by atoms with E-state index >= 15 is 0 Å². The number of nitrogens with zero attached hydrogens (tertiary/aromatic N) is 1. The molecule has 1 rings (SSSR count). The van der Waals surface area contributed by atoms with Gasteiger partial charge in [0.15, 0.2) is 0 Å². The summed E-state index contributed by atoms with van der Waals surface area (Å²) in [6.45, 7) is 8.36. The smallest absolute Gasteiger partial charge is 0.0368 e. The predicted octanol–water partition coefficient (Wildman–Crippen LogP) is 2.77. The molecule has 2 heteroatoms. The number of hydrogen-bond donors (Lipinski definition) is 1. The van der Waals surface area contributed by atoms with E-state index < -0.39 is 0 Å². The zero-order chi connectivity index (χ0) is 11.3. The lowest BCUT2D eigenvalue weighted by molar-refractivity contribution is 0.630. The topological polar surface area (TPSA) is 29.3 Å². The van der Waals surface area contributed by atoms with Gasteiger partial charge in [0, 0.05) is 24.8 Å². The molecule has 0 bridgehead atoms. The highest BCUT2D eigenvalue weighted by molar-refractivity contribution is 5.48. The molecule has 1 aromatic carbocycles. The Morgan fingerprint density at radius 1 is 1.20 bits per heavy atom. The summed E-state index contributed by atoms with van der Waals surface area (Å²) >= 11 is 0. The lowest BCUT2D eigenvalue weighted by Crippen LogP contribution is -2.32. The van der Waals surface area contributed by atoms with Crippen LogP contribution in [-0.2, 0) is 6.54 Å². The average molecular weight is 206 g/mol. The normalized spacial score (nSPS) is 12.5. The average Bonchev–Trinajstić information content (AvgIpc) is 2.30. The number of rotatable bonds is 5. The molecule has 1 unspecified atom stereocenters. The second kappa shape index (κ2) is 5.76. The molecular weight excluding hydrogens is 184 g/mol. The number of hydrogen-bond acceptors (Lipinski definition) is 2. The van der Waals surface area contributed by atoms with E-state index in [1.807, 2.05) is 0 Å². The second-order valence-electron chi connectivity index (χ2n) is 3.91. The maximum atomic E-state index is 5.58. The summed E-state index contributed by atoms with van der Waals surface area (Å²) in [6, 6.07) is 9.15. The van der Waals surface area contributed by atoms with Crippen LogP contribution in [0.5, 0.6) is 0 Å². The van der Waals surface area contributed by atoms with Gasteiger partial charge in [-0.25, -0.2) is 0 Å². The fraction of sp³-hybridized carbons (Fsp3) is 0.538. The highest BCUT2D eigenvalue weighted by Crippen LogP contribution is 2.18. The lowest BCUT2D eigenvalue weighted by atomic mass is 10.1. The van der Waals surface area contributed by atoms with Crippen molar-refractivity contribution in [3.63, 3.8) is 0 Å². The molecular formula is C13H22N2. The second-order valence-corrected chi connectivity index (χ2v) is 3.91. The van der Waals surface area contributed by atoms with Gasteiger partial charge in [0.1, 0.15) is 0 Å². The summed E-state index contributed by atoms with van der Waals surface area (Å²) in [5, 5.41) is 0. The maximum absolute atomic E-state index is 5.58. The summed E-state index contributed by atoms with van der Waals surface area (Å²) in [4.78, 5) is 2.42. The molecule has 1 atom stereocenters. The van der Waals surface area contributed by atoms with Gasteiger partial charge in [-0.05, 0) is 38.0 Å². The van der Waals surface area contributed by atoms with Crippen LogP contribution in [0.2, 0.25) is 0 Å². The van der Waals surface area contributed by atoms with Gasteiger partial charge < -0.3 is 10.6 Å². The third-order valence-corrected chi connectivity index (χ3v) is 2.97. The first kappa shape index (κ1) is 12.1. The number of benzene rings is 1. The van der Waals surface area contributed by atoms with Gasteiger partial charge in [-0.1, -0.05) is 19.1 Å². The summed E-state index contributed by atoms with van der Waals surface area (Å²) in [6.07, 6.45) is 1.17. The van der Waals surface area contributed by atoms with Crippen LogP contribution in [0.1, 0.15) is 32.8 Å². The molecule has 1 aromatic rings. The van der Waals surface area contributed by atoms with Crippen LogP contribution in [0, 0.1) is 0 Å². The molecule has 0 aliphatic carbocycles. The van der Waals surface area contributed by atoms with E-state index in [-0.39, 0.29) is 0 Å². The summed E-state index contributed by atoms with van der Waals surface area (Å²) < 4.78 is 0. The Labute approximate surface area is 93.1 Å². The molecule has 2 nitrogen and oxygen atoms in total. The van der Waals surface area contributed by atoms with Gasteiger partial charge in [0.05, 0.1) is 0 Å². The van der Waals surface area contributed by atoms with E-state index in [4.69, 9.17) is 5.73 Å². The van der Waals surface area contributed by atoms with Crippen molar-refractivity contribution in [2.24, 2.45) is 5.73 Å². The molecule has 0 spiro atoms. The van der Waals surface area contributed by atoms with Crippen LogP contribution < -0.4 is 10.6 Å². The van der Waals surface area contributed by atoms with Gasteiger partial charge in [-0.2, -0.15) is 0 Å². The summed E-state index contributed by atoms with van der Waals surface area (Å²) in [5.74, 6) is 0. The zero-order valence-electron chi connectivity index (χ0n) is 10.0. The highest BCUT2D eigenvalue weighted by atomic mass is 15.1. The minimum absolute atomic E-state index is 0.596. The number of anilines is 1. The number of nitrogens with two attached hydrogens (primary N) is 1. The fourth-order valence-electron chi connectivity index (χ4n) is 1.79. The predicted molar refractivity (Wildman–Crippen MR) is 67.1 cm³/mol. The lowest BCUT2D eigenvalue weighted by Gasteiger charge is -2.29. The molecule has 0 saturated carbocycles. The molecule has 0 amide bonds. The van der Waals surface area contributed by atoms with E-state index in [0.29, 0.717) is 12.6 Å². The van der Waals surface area contributed by atoms with E-state index in [2.05, 4.69) is 49.9 Å². The van der Waals surface area contributed by atoms with Gasteiger partial charge in [0.2, 0.25) is 0 Å². The molecule has 0 radical (unpaired) electrons. The van der Waals surface area contributed by atoms with Crippen molar-refractivity contribution in [2.75, 3.05) is 11.4 Å². The van der Waals surface area contributed by atoms with Crippen molar-refractivity contribution in [2.45, 2.75) is 39.8 Å². The van der Waals surface area contributed by atoms with Crippen LogP contribution in [0.25, 0.3) is 0 Å². The van der Waals surface area contributed by atoms with E-state index in [1.54, 1.807) is 0 Å². The quantitative estimate of drug-likeness (QED) is 0.802. The standard InChI is InChI=1S/C13H22N2/c1-4-11(3)15(5-2)13-8-6-12(10-14)7-9-13/h6-9,11H,4-5,10,14H2,1-3H3. The Hall–Kier alpha value is -1.02. The third-order valence-electron chi connectivity index (χ3n) is 2.97. The van der Waals surface area contributed by atoms with Crippen molar-refractivity contribution in [3.05, 3.63) is 29.8 Å². The summed E-state index contributed by atoms with van der Waals surface area (Å²) in [7, 11) is 0. The van der Waals surface area contributed by atoms with Crippen molar-refractivity contribution >= 4 is 5.69 Å². The van der Waals surface area contributed by atoms with Crippen molar-refractivity contribution in [3.8, 4) is 0 Å². The Balaban J connectivity index is 2.83. The molecule has 0 heterocycles. The van der Waals surface area contributed by atoms with Crippen molar-refractivity contribution < 1.29 is 0 Å². The first-order chi connectivity index (χ1) is 7.22. The Kier molecular flexibility index (Phi) is 4.63. The molecule has 15 heavy (non-hydrogen) atoms. The molecule has 0 aliphatic heterocycles. The van der Waals surface area contributed by atoms with Gasteiger partial charge >= 0.3 is 0 Å². The largest absolute Gasteiger partial charge is 0.369 e. The Morgan fingerprint density at radius 2 is 1.80 bits per heavy atom. The first-order valence-electron chi connectivity index (χ1n) is 5.78. The van der Waals surface area contributed by atoms with Gasteiger partial charge in [-0.15, -0.1) is 0 Å². The molecule has 0 saturated heterocycles. The third kappa shape index (κ3) is 2.96. The summed E-state index contributed by atoms with van der Waals surface area (Å²) in [5.41, 5.74) is 8.07. The minimum Gasteiger partial charge on any atom is -0.369 e. The maximum Gasteiger partial charge on any atom is 0.0368 e. The van der Waals surface area contributed by atoms with E-state index in [0.717, 1.165) is 6.54 Å². The van der Waals surface area contributed by atoms with Crippen LogP contribution in [-0.4, -0.2) is 12.6 Å². The Morgan fingerprint density at radius 3 is 2.20 bits per heavy atom. The van der Waals surface area contributed by atoms with Crippen LogP contribution in [0.15, 0.2) is 24.3 Å². The minimum atomic E-state index is 0.596. The van der Waals surface area contributed by atoms with Crippen LogP contribution in [0.4, 0.5) is 5.69 Å². The zero-order valence-corrected chi connectivity index (χ0v) is 10.0. The molecule has 2 N–H and O–H groups in total. The first-order valence-corrected chi connectivity index (χ1v) is 5.78. The molecule has 0 aromatic heterocycles. The van der Waals surface area contributed by atoms with Crippen molar-refractivity contribution in [1.29, 1.82) is 0 Å². The SMILES string of the molecule is CCC(C)N(CC)c1ccc(CN)cc1. The fourth-order valence-corrected chi connectivity index (χ4v) is 1.79. The molecule has 84 valence electrons. The van der Waals surface area contributed by atoms with Crippen LogP contribution >= 0.6 is 0 Å².